The Hall–Kier alpha value is -4.13. The van der Waals surface area contributed by atoms with Crippen LogP contribution in [0.5, 0.6) is 5.75 Å². The lowest BCUT2D eigenvalue weighted by atomic mass is 10.1. The first-order valence-corrected chi connectivity index (χ1v) is 10.2. The van der Waals surface area contributed by atoms with E-state index >= 15 is 0 Å². The van der Waals surface area contributed by atoms with Crippen LogP contribution >= 0.6 is 0 Å². The first kappa shape index (κ1) is 22.6. The minimum Gasteiger partial charge on any atom is -0.497 e. The van der Waals surface area contributed by atoms with Crippen LogP contribution in [0.1, 0.15) is 29.6 Å². The van der Waals surface area contributed by atoms with E-state index in [1.54, 1.807) is 67.8 Å². The number of benzene rings is 3. The molecule has 164 valence electrons. The number of urea groups is 1. The molecule has 0 saturated heterocycles. The van der Waals surface area contributed by atoms with Gasteiger partial charge in [0.15, 0.2) is 5.78 Å². The first-order chi connectivity index (χ1) is 15.5. The minimum absolute atomic E-state index is 0.00957. The first-order valence-electron chi connectivity index (χ1n) is 10.2. The standard InChI is InChI=1S/C25H25N3O4/c1-32-22-16-10-18(11-17-22)23(29)8-5-9-24(30)26-20-12-14-21(15-13-20)28-25(31)27-19-6-3-2-4-7-19/h2-4,6-7,10-17H,5,8-9H2,1H3,(H,26,30)(H2,27,28,31). The number of para-hydroxylation sites is 1. The van der Waals surface area contributed by atoms with Gasteiger partial charge in [-0.2, -0.15) is 0 Å². The van der Waals surface area contributed by atoms with Crippen LogP contribution in [0, 0.1) is 0 Å². The molecule has 0 atom stereocenters. The summed E-state index contributed by atoms with van der Waals surface area (Å²) in [5.74, 6) is 0.513. The number of nitrogens with one attached hydrogen (secondary N) is 3. The zero-order valence-electron chi connectivity index (χ0n) is 17.8. The fraction of sp³-hybridized carbons (Fsp3) is 0.160. The van der Waals surface area contributed by atoms with E-state index in [-0.39, 0.29) is 24.1 Å². The SMILES string of the molecule is COc1ccc(C(=O)CCCC(=O)Nc2ccc(NC(=O)Nc3ccccc3)cc2)cc1. The summed E-state index contributed by atoms with van der Waals surface area (Å²) >= 11 is 0. The van der Waals surface area contributed by atoms with E-state index in [1.807, 2.05) is 18.2 Å². The van der Waals surface area contributed by atoms with Crippen LogP contribution in [-0.4, -0.2) is 24.8 Å². The summed E-state index contributed by atoms with van der Waals surface area (Å²) in [5, 5.41) is 8.26. The Morgan fingerprint density at radius 1 is 0.688 bits per heavy atom. The van der Waals surface area contributed by atoms with Crippen molar-refractivity contribution in [1.29, 1.82) is 0 Å². The normalized spacial score (nSPS) is 10.2. The lowest BCUT2D eigenvalue weighted by Crippen LogP contribution is -2.19. The maximum atomic E-state index is 12.2. The molecular weight excluding hydrogens is 406 g/mol. The van der Waals surface area contributed by atoms with E-state index in [2.05, 4.69) is 16.0 Å². The van der Waals surface area contributed by atoms with Crippen LogP contribution in [0.3, 0.4) is 0 Å². The van der Waals surface area contributed by atoms with Crippen LogP contribution in [0.4, 0.5) is 21.9 Å². The van der Waals surface area contributed by atoms with Gasteiger partial charge in [-0.1, -0.05) is 18.2 Å². The average Bonchev–Trinajstić information content (AvgIpc) is 2.81. The number of amides is 3. The molecule has 3 aromatic rings. The molecule has 32 heavy (non-hydrogen) atoms. The summed E-state index contributed by atoms with van der Waals surface area (Å²) in [4.78, 5) is 36.4. The molecule has 0 aliphatic rings. The Labute approximate surface area is 186 Å². The second kappa shape index (κ2) is 11.3. The lowest BCUT2D eigenvalue weighted by Gasteiger charge is -2.09. The van der Waals surface area contributed by atoms with Crippen molar-refractivity contribution in [1.82, 2.24) is 0 Å². The van der Waals surface area contributed by atoms with Gasteiger partial charge in [0.25, 0.3) is 0 Å². The predicted molar refractivity (Wildman–Crippen MR) is 125 cm³/mol. The molecular formula is C25H25N3O4. The van der Waals surface area contributed by atoms with Crippen molar-refractivity contribution < 1.29 is 19.1 Å². The maximum Gasteiger partial charge on any atom is 0.323 e. The number of carbonyl (C=O) groups is 3. The van der Waals surface area contributed by atoms with E-state index in [1.165, 1.54) is 0 Å². The average molecular weight is 431 g/mol. The van der Waals surface area contributed by atoms with Crippen LogP contribution < -0.4 is 20.7 Å². The number of hydrogen-bond donors (Lipinski definition) is 3. The molecule has 0 aliphatic heterocycles. The summed E-state index contributed by atoms with van der Waals surface area (Å²) < 4.78 is 5.08. The third-order valence-electron chi connectivity index (χ3n) is 4.68. The number of carbonyl (C=O) groups excluding carboxylic acids is 3. The second-order valence-corrected chi connectivity index (χ2v) is 7.08. The van der Waals surface area contributed by atoms with Gasteiger partial charge < -0.3 is 20.7 Å². The second-order valence-electron chi connectivity index (χ2n) is 7.08. The molecule has 7 heteroatoms. The molecule has 0 aliphatic carbocycles. The Morgan fingerprint density at radius 3 is 1.84 bits per heavy atom. The Bertz CT molecular complexity index is 1050. The Balaban J connectivity index is 1.40. The third kappa shape index (κ3) is 6.98. The number of anilines is 3. The minimum atomic E-state index is -0.352. The van der Waals surface area contributed by atoms with Crippen molar-refractivity contribution in [2.75, 3.05) is 23.1 Å². The van der Waals surface area contributed by atoms with E-state index in [4.69, 9.17) is 4.74 Å². The highest BCUT2D eigenvalue weighted by atomic mass is 16.5. The van der Waals surface area contributed by atoms with E-state index in [0.29, 0.717) is 41.2 Å². The zero-order valence-corrected chi connectivity index (χ0v) is 17.8. The number of hydrogen-bond acceptors (Lipinski definition) is 4. The van der Waals surface area contributed by atoms with Gasteiger partial charge >= 0.3 is 6.03 Å². The van der Waals surface area contributed by atoms with Gasteiger partial charge in [0.05, 0.1) is 7.11 Å². The van der Waals surface area contributed by atoms with Gasteiger partial charge in [0.2, 0.25) is 5.91 Å². The number of ketones is 1. The highest BCUT2D eigenvalue weighted by Crippen LogP contribution is 2.16. The quantitative estimate of drug-likeness (QED) is 0.399. The Kier molecular flexibility index (Phi) is 7.97. The van der Waals surface area contributed by atoms with Gasteiger partial charge in [-0.25, -0.2) is 4.79 Å². The van der Waals surface area contributed by atoms with Crippen LogP contribution in [0.25, 0.3) is 0 Å². The summed E-state index contributed by atoms with van der Waals surface area (Å²) in [6.07, 6.45) is 0.983. The van der Waals surface area contributed by atoms with Crippen molar-refractivity contribution in [3.8, 4) is 5.75 Å². The summed E-state index contributed by atoms with van der Waals surface area (Å²) in [6, 6.07) is 22.5. The van der Waals surface area contributed by atoms with Crippen molar-refractivity contribution in [3.63, 3.8) is 0 Å². The van der Waals surface area contributed by atoms with Gasteiger partial charge in [-0.3, -0.25) is 9.59 Å². The monoisotopic (exact) mass is 431 g/mol. The molecule has 0 unspecified atom stereocenters. The molecule has 3 N–H and O–H groups in total. The molecule has 3 rings (SSSR count). The summed E-state index contributed by atoms with van der Waals surface area (Å²) in [6.45, 7) is 0. The molecule has 0 fully saturated rings. The molecule has 3 aromatic carbocycles. The number of Topliss-reactive ketones (excluding diaryl/α,β-unsaturated/α-hetero) is 1. The maximum absolute atomic E-state index is 12.2. The lowest BCUT2D eigenvalue weighted by molar-refractivity contribution is -0.116. The van der Waals surface area contributed by atoms with Gasteiger partial charge in [-0.05, 0) is 67.1 Å². The summed E-state index contributed by atoms with van der Waals surface area (Å²) in [7, 11) is 1.57. The molecule has 0 bridgehead atoms. The van der Waals surface area contributed by atoms with Crippen molar-refractivity contribution in [2.45, 2.75) is 19.3 Å². The van der Waals surface area contributed by atoms with E-state index in [0.717, 1.165) is 0 Å². The third-order valence-corrected chi connectivity index (χ3v) is 4.68. The van der Waals surface area contributed by atoms with Gasteiger partial charge in [0, 0.05) is 35.5 Å². The number of methoxy groups -OCH3 is 1. The fourth-order valence-electron chi connectivity index (χ4n) is 3.01. The molecule has 3 amide bonds. The Morgan fingerprint density at radius 2 is 1.25 bits per heavy atom. The van der Waals surface area contributed by atoms with Crippen LogP contribution in [-0.2, 0) is 4.79 Å². The molecule has 0 saturated carbocycles. The number of ether oxygens (including phenoxy) is 1. The van der Waals surface area contributed by atoms with Crippen molar-refractivity contribution >= 4 is 34.8 Å². The highest BCUT2D eigenvalue weighted by Gasteiger charge is 2.09. The van der Waals surface area contributed by atoms with E-state index in [9.17, 15) is 14.4 Å². The molecule has 0 aromatic heterocycles. The topological polar surface area (TPSA) is 96.5 Å². The molecule has 0 radical (unpaired) electrons. The van der Waals surface area contributed by atoms with Crippen LogP contribution in [0.2, 0.25) is 0 Å². The van der Waals surface area contributed by atoms with Crippen LogP contribution in [0.15, 0.2) is 78.9 Å². The summed E-state index contributed by atoms with van der Waals surface area (Å²) in [5.41, 5.74) is 2.51. The van der Waals surface area contributed by atoms with Crippen molar-refractivity contribution in [3.05, 3.63) is 84.4 Å². The van der Waals surface area contributed by atoms with E-state index < -0.39 is 0 Å². The molecule has 0 spiro atoms. The zero-order chi connectivity index (χ0) is 22.8. The van der Waals surface area contributed by atoms with Crippen molar-refractivity contribution in [2.24, 2.45) is 0 Å². The number of rotatable bonds is 9. The molecule has 0 heterocycles. The largest absolute Gasteiger partial charge is 0.497 e. The predicted octanol–water partition coefficient (Wildman–Crippen LogP) is 5.33. The fourth-order valence-corrected chi connectivity index (χ4v) is 3.01. The highest BCUT2D eigenvalue weighted by molar-refractivity contribution is 6.00. The molecule has 7 nitrogen and oxygen atoms in total. The van der Waals surface area contributed by atoms with Gasteiger partial charge in [0.1, 0.15) is 5.75 Å². The van der Waals surface area contributed by atoms with Gasteiger partial charge in [-0.15, -0.1) is 0 Å². The smallest absolute Gasteiger partial charge is 0.323 e.